The van der Waals surface area contributed by atoms with Gasteiger partial charge < -0.3 is 9.63 Å². The molecule has 4 aromatic rings. The predicted octanol–water partition coefficient (Wildman–Crippen LogP) is 3.88. The molecule has 0 aliphatic rings. The van der Waals surface area contributed by atoms with Crippen molar-refractivity contribution in [3.8, 4) is 11.3 Å². The number of hydrogen-bond acceptors (Lipinski definition) is 5. The van der Waals surface area contributed by atoms with Gasteiger partial charge in [0.25, 0.3) is 0 Å². The maximum Gasteiger partial charge on any atom is 0.337 e. The van der Waals surface area contributed by atoms with E-state index in [0.717, 1.165) is 5.56 Å². The number of aryl methyl sites for hydroxylation is 1. The van der Waals surface area contributed by atoms with Gasteiger partial charge in [-0.1, -0.05) is 35.5 Å². The molecule has 1 N–H and O–H groups in total. The van der Waals surface area contributed by atoms with Crippen molar-refractivity contribution in [2.75, 3.05) is 0 Å². The minimum Gasteiger partial charge on any atom is -0.478 e. The van der Waals surface area contributed by atoms with E-state index in [4.69, 9.17) is 4.52 Å². The first-order chi connectivity index (χ1) is 12.6. The molecule has 3 heterocycles. The lowest BCUT2D eigenvalue weighted by molar-refractivity contribution is 0.0694. The molecule has 6 nitrogen and oxygen atoms in total. The maximum absolute atomic E-state index is 11.8. The van der Waals surface area contributed by atoms with Gasteiger partial charge in [0.15, 0.2) is 11.4 Å². The van der Waals surface area contributed by atoms with Crippen LogP contribution in [0.25, 0.3) is 22.4 Å². The van der Waals surface area contributed by atoms with Gasteiger partial charge in [-0.2, -0.15) is 0 Å². The van der Waals surface area contributed by atoms with Crippen LogP contribution < -0.4 is 0 Å². The molecule has 128 valence electrons. The van der Waals surface area contributed by atoms with Crippen molar-refractivity contribution in [1.29, 1.82) is 0 Å². The minimum atomic E-state index is -1.01. The van der Waals surface area contributed by atoms with Crippen molar-refractivity contribution in [1.82, 2.24) is 15.1 Å². The van der Waals surface area contributed by atoms with Crippen molar-refractivity contribution in [3.63, 3.8) is 0 Å². The molecule has 0 saturated carbocycles. The zero-order valence-electron chi connectivity index (χ0n) is 14.0. The van der Waals surface area contributed by atoms with Crippen LogP contribution in [0.1, 0.15) is 27.3 Å². The number of hydrogen-bond donors (Lipinski definition) is 1. The summed E-state index contributed by atoms with van der Waals surface area (Å²) in [6.07, 6.45) is 1.96. The smallest absolute Gasteiger partial charge is 0.337 e. The van der Waals surface area contributed by atoms with Crippen LogP contribution in [0.5, 0.6) is 0 Å². The number of carboxylic acid groups (broad SMARTS) is 1. The van der Waals surface area contributed by atoms with Gasteiger partial charge in [0.2, 0.25) is 0 Å². The van der Waals surface area contributed by atoms with Gasteiger partial charge >= 0.3 is 5.97 Å². The SMILES string of the molecule is Cc1nc2ncccc2c(Cc2cc(-c3ccccc3)on2)c1C(=O)O. The van der Waals surface area contributed by atoms with E-state index in [1.165, 1.54) is 0 Å². The van der Waals surface area contributed by atoms with Crippen molar-refractivity contribution in [3.05, 3.63) is 77.2 Å². The molecule has 3 aromatic heterocycles. The summed E-state index contributed by atoms with van der Waals surface area (Å²) in [5.41, 5.74) is 3.36. The Morgan fingerprint density at radius 2 is 1.96 bits per heavy atom. The number of carbonyl (C=O) groups is 1. The van der Waals surface area contributed by atoms with Crippen LogP contribution in [0, 0.1) is 6.92 Å². The van der Waals surface area contributed by atoms with E-state index in [1.54, 1.807) is 19.2 Å². The second-order valence-corrected chi connectivity index (χ2v) is 5.96. The second-order valence-electron chi connectivity index (χ2n) is 5.96. The molecule has 0 spiro atoms. The summed E-state index contributed by atoms with van der Waals surface area (Å²) >= 11 is 0. The number of fused-ring (bicyclic) bond motifs is 1. The summed E-state index contributed by atoms with van der Waals surface area (Å²) in [4.78, 5) is 20.4. The van der Waals surface area contributed by atoms with Gasteiger partial charge in [-0.3, -0.25) is 0 Å². The lowest BCUT2D eigenvalue weighted by atomic mass is 9.98. The summed E-state index contributed by atoms with van der Waals surface area (Å²) in [6.45, 7) is 1.68. The zero-order valence-corrected chi connectivity index (χ0v) is 14.0. The number of rotatable bonds is 4. The van der Waals surface area contributed by atoms with E-state index >= 15 is 0 Å². The van der Waals surface area contributed by atoms with Crippen LogP contribution in [-0.4, -0.2) is 26.2 Å². The lowest BCUT2D eigenvalue weighted by Gasteiger charge is -2.10. The molecule has 1 aromatic carbocycles. The number of benzene rings is 1. The fourth-order valence-corrected chi connectivity index (χ4v) is 3.07. The molecule has 0 fully saturated rings. The van der Waals surface area contributed by atoms with E-state index < -0.39 is 5.97 Å². The van der Waals surface area contributed by atoms with Gasteiger partial charge in [-0.05, 0) is 24.6 Å². The summed E-state index contributed by atoms with van der Waals surface area (Å²) < 4.78 is 5.44. The van der Waals surface area contributed by atoms with E-state index in [9.17, 15) is 9.90 Å². The predicted molar refractivity (Wildman–Crippen MR) is 96.0 cm³/mol. The zero-order chi connectivity index (χ0) is 18.1. The number of pyridine rings is 2. The Morgan fingerprint density at radius 1 is 1.15 bits per heavy atom. The van der Waals surface area contributed by atoms with Crippen LogP contribution in [-0.2, 0) is 6.42 Å². The third-order valence-electron chi connectivity index (χ3n) is 4.24. The molecule has 0 amide bonds. The van der Waals surface area contributed by atoms with Crippen molar-refractivity contribution in [2.24, 2.45) is 0 Å². The Bertz CT molecular complexity index is 1100. The van der Waals surface area contributed by atoms with Gasteiger partial charge in [0.1, 0.15) is 0 Å². The van der Waals surface area contributed by atoms with E-state index in [-0.39, 0.29) is 5.56 Å². The topological polar surface area (TPSA) is 89.1 Å². The maximum atomic E-state index is 11.8. The average Bonchev–Trinajstić information content (AvgIpc) is 3.10. The Balaban J connectivity index is 1.81. The van der Waals surface area contributed by atoms with E-state index in [2.05, 4.69) is 15.1 Å². The van der Waals surface area contributed by atoms with Crippen molar-refractivity contribution >= 4 is 17.0 Å². The number of aromatic carboxylic acids is 1. The second kappa shape index (κ2) is 6.40. The van der Waals surface area contributed by atoms with Gasteiger partial charge in [0, 0.05) is 29.6 Å². The van der Waals surface area contributed by atoms with E-state index in [0.29, 0.717) is 40.2 Å². The lowest BCUT2D eigenvalue weighted by Crippen LogP contribution is -2.09. The first-order valence-corrected chi connectivity index (χ1v) is 8.12. The molecule has 4 rings (SSSR count). The van der Waals surface area contributed by atoms with Crippen molar-refractivity contribution < 1.29 is 14.4 Å². The standard InChI is InChI=1S/C20H15N3O3/c1-12-18(20(24)25)16(15-8-5-9-21-19(15)22-12)10-14-11-17(26-23-14)13-6-3-2-4-7-13/h2-9,11H,10H2,1H3,(H,24,25). The number of nitrogens with zero attached hydrogens (tertiary/aromatic N) is 3. The van der Waals surface area contributed by atoms with Gasteiger partial charge in [-0.15, -0.1) is 0 Å². The first kappa shape index (κ1) is 16.0. The highest BCUT2D eigenvalue weighted by Gasteiger charge is 2.20. The third kappa shape index (κ3) is 2.82. The number of carboxylic acids is 1. The Morgan fingerprint density at radius 3 is 2.73 bits per heavy atom. The molecule has 0 atom stereocenters. The van der Waals surface area contributed by atoms with Crippen LogP contribution in [0.15, 0.2) is 59.3 Å². The summed E-state index contributed by atoms with van der Waals surface area (Å²) in [6, 6.07) is 15.1. The molecule has 0 bridgehead atoms. The molecular formula is C20H15N3O3. The van der Waals surface area contributed by atoms with Crippen LogP contribution in [0.2, 0.25) is 0 Å². The largest absolute Gasteiger partial charge is 0.478 e. The van der Waals surface area contributed by atoms with Gasteiger partial charge in [0.05, 0.1) is 17.0 Å². The molecular weight excluding hydrogens is 330 g/mol. The highest BCUT2D eigenvalue weighted by molar-refractivity contribution is 5.96. The molecule has 0 radical (unpaired) electrons. The quantitative estimate of drug-likeness (QED) is 0.604. The molecule has 0 unspecified atom stereocenters. The van der Waals surface area contributed by atoms with Crippen LogP contribution >= 0.6 is 0 Å². The molecule has 0 saturated heterocycles. The monoisotopic (exact) mass is 345 g/mol. The fourth-order valence-electron chi connectivity index (χ4n) is 3.07. The molecule has 26 heavy (non-hydrogen) atoms. The average molecular weight is 345 g/mol. The summed E-state index contributed by atoms with van der Waals surface area (Å²) in [7, 11) is 0. The molecule has 0 aliphatic carbocycles. The minimum absolute atomic E-state index is 0.190. The normalized spacial score (nSPS) is 11.0. The van der Waals surface area contributed by atoms with Crippen LogP contribution in [0.3, 0.4) is 0 Å². The summed E-state index contributed by atoms with van der Waals surface area (Å²) in [5, 5.41) is 14.5. The first-order valence-electron chi connectivity index (χ1n) is 8.12. The Labute approximate surface area is 149 Å². The molecule has 0 aliphatic heterocycles. The van der Waals surface area contributed by atoms with Crippen LogP contribution in [0.4, 0.5) is 0 Å². The number of aromatic nitrogens is 3. The summed E-state index contributed by atoms with van der Waals surface area (Å²) in [5.74, 6) is -0.367. The van der Waals surface area contributed by atoms with E-state index in [1.807, 2.05) is 42.5 Å². The molecule has 6 heteroatoms. The van der Waals surface area contributed by atoms with Gasteiger partial charge in [-0.25, -0.2) is 14.8 Å². The highest BCUT2D eigenvalue weighted by atomic mass is 16.5. The third-order valence-corrected chi connectivity index (χ3v) is 4.24. The highest BCUT2D eigenvalue weighted by Crippen LogP contribution is 2.27. The Kier molecular flexibility index (Phi) is 3.93. The van der Waals surface area contributed by atoms with Crippen molar-refractivity contribution in [2.45, 2.75) is 13.3 Å². The fraction of sp³-hybridized carbons (Fsp3) is 0.100. The Hall–Kier alpha value is -3.54.